The van der Waals surface area contributed by atoms with Gasteiger partial charge in [0.15, 0.2) is 0 Å². The molecule has 1 saturated carbocycles. The Morgan fingerprint density at radius 3 is 2.53 bits per heavy atom. The van der Waals surface area contributed by atoms with Crippen molar-refractivity contribution in [3.05, 3.63) is 0 Å². The van der Waals surface area contributed by atoms with Crippen LogP contribution in [-0.2, 0) is 14.9 Å². The molecule has 19 heavy (non-hydrogen) atoms. The SMILES string of the molecule is COCCN(CCC#N)S(=O)(=O)N(C)C(C)C1CC1. The summed E-state index contributed by atoms with van der Waals surface area (Å²) in [7, 11) is -0.365. The molecule has 0 saturated heterocycles. The lowest BCUT2D eigenvalue weighted by molar-refractivity contribution is 0.175. The molecule has 110 valence electrons. The highest BCUT2D eigenvalue weighted by atomic mass is 32.2. The Morgan fingerprint density at radius 2 is 2.05 bits per heavy atom. The van der Waals surface area contributed by atoms with Gasteiger partial charge in [-0.1, -0.05) is 0 Å². The minimum absolute atomic E-state index is 0.0112. The van der Waals surface area contributed by atoms with Crippen molar-refractivity contribution in [1.82, 2.24) is 8.61 Å². The van der Waals surface area contributed by atoms with E-state index in [1.807, 2.05) is 13.0 Å². The summed E-state index contributed by atoms with van der Waals surface area (Å²) in [5, 5.41) is 8.64. The average molecular weight is 289 g/mol. The van der Waals surface area contributed by atoms with Crippen LogP contribution in [0.1, 0.15) is 26.2 Å². The lowest BCUT2D eigenvalue weighted by Crippen LogP contribution is -2.47. The second-order valence-corrected chi connectivity index (χ2v) is 6.89. The van der Waals surface area contributed by atoms with Crippen LogP contribution in [0.25, 0.3) is 0 Å². The van der Waals surface area contributed by atoms with E-state index in [1.165, 1.54) is 15.7 Å². The fourth-order valence-corrected chi connectivity index (χ4v) is 3.56. The zero-order chi connectivity index (χ0) is 14.5. The van der Waals surface area contributed by atoms with E-state index in [2.05, 4.69) is 0 Å². The summed E-state index contributed by atoms with van der Waals surface area (Å²) in [6, 6.07) is 2.00. The first-order valence-corrected chi connectivity index (χ1v) is 7.93. The van der Waals surface area contributed by atoms with Gasteiger partial charge in [0.1, 0.15) is 0 Å². The normalized spacial score (nSPS) is 17.7. The molecule has 1 atom stereocenters. The summed E-state index contributed by atoms with van der Waals surface area (Å²) in [5.41, 5.74) is 0. The molecule has 1 aliphatic rings. The van der Waals surface area contributed by atoms with Gasteiger partial charge in [-0.15, -0.1) is 0 Å². The van der Waals surface area contributed by atoms with Crippen molar-refractivity contribution < 1.29 is 13.2 Å². The Kier molecular flexibility index (Phi) is 6.20. The molecule has 1 aliphatic carbocycles. The molecule has 0 aromatic heterocycles. The first-order valence-electron chi connectivity index (χ1n) is 6.54. The molecule has 0 aromatic rings. The zero-order valence-corrected chi connectivity index (χ0v) is 12.7. The van der Waals surface area contributed by atoms with Crippen LogP contribution in [-0.4, -0.2) is 56.9 Å². The van der Waals surface area contributed by atoms with Gasteiger partial charge >= 0.3 is 0 Å². The molecular formula is C12H23N3O3S. The van der Waals surface area contributed by atoms with E-state index in [1.54, 1.807) is 7.05 Å². The topological polar surface area (TPSA) is 73.6 Å². The Hall–Kier alpha value is -0.680. The average Bonchev–Trinajstić information content (AvgIpc) is 3.21. The molecule has 1 rings (SSSR count). The van der Waals surface area contributed by atoms with Crippen LogP contribution in [0.3, 0.4) is 0 Å². The lowest BCUT2D eigenvalue weighted by Gasteiger charge is -2.30. The van der Waals surface area contributed by atoms with E-state index in [9.17, 15) is 8.42 Å². The van der Waals surface area contributed by atoms with Gasteiger partial charge < -0.3 is 4.74 Å². The molecule has 0 N–H and O–H groups in total. The molecule has 6 nitrogen and oxygen atoms in total. The van der Waals surface area contributed by atoms with Crippen LogP contribution in [0.15, 0.2) is 0 Å². The molecule has 0 amide bonds. The van der Waals surface area contributed by atoms with Crippen molar-refractivity contribution in [2.75, 3.05) is 33.9 Å². The van der Waals surface area contributed by atoms with Gasteiger partial charge in [-0.05, 0) is 25.7 Å². The molecule has 1 fully saturated rings. The van der Waals surface area contributed by atoms with E-state index < -0.39 is 10.2 Å². The second kappa shape index (κ2) is 7.20. The number of rotatable bonds is 9. The van der Waals surface area contributed by atoms with Gasteiger partial charge in [-0.3, -0.25) is 0 Å². The van der Waals surface area contributed by atoms with E-state index >= 15 is 0 Å². The fourth-order valence-electron chi connectivity index (χ4n) is 1.98. The van der Waals surface area contributed by atoms with E-state index in [4.69, 9.17) is 10.00 Å². The van der Waals surface area contributed by atoms with Gasteiger partial charge in [-0.25, -0.2) is 0 Å². The van der Waals surface area contributed by atoms with Crippen molar-refractivity contribution in [2.24, 2.45) is 5.92 Å². The second-order valence-electron chi connectivity index (χ2n) is 4.90. The largest absolute Gasteiger partial charge is 0.383 e. The lowest BCUT2D eigenvalue weighted by atomic mass is 10.2. The molecule has 0 aromatic carbocycles. The third kappa shape index (κ3) is 4.42. The highest BCUT2D eigenvalue weighted by Gasteiger charge is 2.37. The molecule has 0 aliphatic heterocycles. The third-order valence-electron chi connectivity index (χ3n) is 3.59. The van der Waals surface area contributed by atoms with E-state index in [-0.39, 0.29) is 25.6 Å². The number of nitrogens with zero attached hydrogens (tertiary/aromatic N) is 3. The Balaban J connectivity index is 2.74. The quantitative estimate of drug-likeness (QED) is 0.630. The van der Waals surface area contributed by atoms with E-state index in [0.717, 1.165) is 12.8 Å². The highest BCUT2D eigenvalue weighted by Crippen LogP contribution is 2.35. The van der Waals surface area contributed by atoms with Gasteiger partial charge in [0.05, 0.1) is 12.7 Å². The molecule has 0 bridgehead atoms. The van der Waals surface area contributed by atoms with Crippen molar-refractivity contribution in [1.29, 1.82) is 5.26 Å². The molecule has 0 heterocycles. The number of methoxy groups -OCH3 is 1. The summed E-state index contributed by atoms with van der Waals surface area (Å²) >= 11 is 0. The van der Waals surface area contributed by atoms with Crippen molar-refractivity contribution >= 4 is 10.2 Å². The van der Waals surface area contributed by atoms with Crippen LogP contribution in [0.5, 0.6) is 0 Å². The number of hydrogen-bond acceptors (Lipinski definition) is 4. The minimum Gasteiger partial charge on any atom is -0.383 e. The van der Waals surface area contributed by atoms with Gasteiger partial charge in [0.2, 0.25) is 0 Å². The van der Waals surface area contributed by atoms with Crippen molar-refractivity contribution in [3.8, 4) is 6.07 Å². The van der Waals surface area contributed by atoms with E-state index in [0.29, 0.717) is 12.5 Å². The monoisotopic (exact) mass is 289 g/mol. The van der Waals surface area contributed by atoms with Crippen LogP contribution >= 0.6 is 0 Å². The Bertz CT molecular complexity index is 414. The smallest absolute Gasteiger partial charge is 0.282 e. The van der Waals surface area contributed by atoms with Crippen molar-refractivity contribution in [3.63, 3.8) is 0 Å². The third-order valence-corrected chi connectivity index (χ3v) is 5.66. The first-order chi connectivity index (χ1) is 8.95. The molecule has 7 heteroatoms. The molecule has 1 unspecified atom stereocenters. The molecule has 0 radical (unpaired) electrons. The van der Waals surface area contributed by atoms with Gasteiger partial charge in [0.25, 0.3) is 10.2 Å². The summed E-state index contributed by atoms with van der Waals surface area (Å²) in [6.07, 6.45) is 2.38. The van der Waals surface area contributed by atoms with Crippen LogP contribution in [0.4, 0.5) is 0 Å². The highest BCUT2D eigenvalue weighted by molar-refractivity contribution is 7.86. The van der Waals surface area contributed by atoms with Gasteiger partial charge in [-0.2, -0.15) is 22.3 Å². The zero-order valence-electron chi connectivity index (χ0n) is 11.9. The number of nitriles is 1. The van der Waals surface area contributed by atoms with Crippen molar-refractivity contribution in [2.45, 2.75) is 32.2 Å². The maximum absolute atomic E-state index is 12.5. The summed E-state index contributed by atoms with van der Waals surface area (Å²) in [5.74, 6) is 0.472. The molecule has 0 spiro atoms. The fraction of sp³-hybridized carbons (Fsp3) is 0.917. The first kappa shape index (κ1) is 16.4. The minimum atomic E-state index is -3.51. The number of hydrogen-bond donors (Lipinski definition) is 0. The number of ether oxygens (including phenoxy) is 1. The van der Waals surface area contributed by atoms with Crippen LogP contribution in [0, 0.1) is 17.2 Å². The Labute approximate surface area is 116 Å². The molecular weight excluding hydrogens is 266 g/mol. The van der Waals surface area contributed by atoms with Crippen LogP contribution < -0.4 is 0 Å². The van der Waals surface area contributed by atoms with Gasteiger partial charge in [0, 0.05) is 39.7 Å². The van der Waals surface area contributed by atoms with Crippen LogP contribution in [0.2, 0.25) is 0 Å². The maximum atomic E-state index is 12.5. The summed E-state index contributed by atoms with van der Waals surface area (Å²) in [6.45, 7) is 2.76. The predicted molar refractivity (Wildman–Crippen MR) is 72.5 cm³/mol. The summed E-state index contributed by atoms with van der Waals surface area (Å²) < 4.78 is 32.7. The maximum Gasteiger partial charge on any atom is 0.282 e. The summed E-state index contributed by atoms with van der Waals surface area (Å²) in [4.78, 5) is 0. The predicted octanol–water partition coefficient (Wildman–Crippen LogP) is 0.824. The standard InChI is InChI=1S/C12H23N3O3S/c1-11(12-5-6-12)14(2)19(16,17)15(8-4-7-13)9-10-18-3/h11-12H,4-6,8-10H2,1-3H3. The Morgan fingerprint density at radius 1 is 1.42 bits per heavy atom.